The Morgan fingerprint density at radius 2 is 1.74 bits per heavy atom. The summed E-state index contributed by atoms with van der Waals surface area (Å²) in [6.45, 7) is 1.84. The van der Waals surface area contributed by atoms with E-state index >= 15 is 0 Å². The highest BCUT2D eigenvalue weighted by molar-refractivity contribution is 5.85. The molecule has 0 radical (unpaired) electrons. The number of carbonyl (C=O) groups is 1. The molecule has 3 fully saturated rings. The summed E-state index contributed by atoms with van der Waals surface area (Å²) in [5, 5.41) is 2.90. The highest BCUT2D eigenvalue weighted by Crippen LogP contribution is 2.43. The first-order valence-electron chi connectivity index (χ1n) is 8.52. The molecule has 1 aliphatic heterocycles. The van der Waals surface area contributed by atoms with E-state index in [2.05, 4.69) is 10.2 Å². The van der Waals surface area contributed by atoms with Crippen molar-refractivity contribution in [3.63, 3.8) is 0 Å². The molecule has 134 valence electrons. The summed E-state index contributed by atoms with van der Waals surface area (Å²) in [6, 6.07) is 0.673. The van der Waals surface area contributed by atoms with Gasteiger partial charge in [0.05, 0.1) is 6.42 Å². The topological polar surface area (TPSA) is 32.3 Å². The second-order valence-corrected chi connectivity index (χ2v) is 7.18. The first kappa shape index (κ1) is 18.8. The van der Waals surface area contributed by atoms with Crippen molar-refractivity contribution >= 4 is 18.3 Å². The molecule has 2 saturated carbocycles. The highest BCUT2D eigenvalue weighted by atomic mass is 35.5. The third kappa shape index (κ3) is 5.24. The van der Waals surface area contributed by atoms with Crippen LogP contribution in [0.25, 0.3) is 0 Å². The van der Waals surface area contributed by atoms with Gasteiger partial charge in [0.2, 0.25) is 5.91 Å². The van der Waals surface area contributed by atoms with Crippen LogP contribution in [0.15, 0.2) is 0 Å². The highest BCUT2D eigenvalue weighted by Gasteiger charge is 2.44. The number of rotatable bonds is 5. The van der Waals surface area contributed by atoms with E-state index in [1.165, 1.54) is 38.5 Å². The van der Waals surface area contributed by atoms with Crippen molar-refractivity contribution in [1.29, 1.82) is 0 Å². The molecule has 1 heterocycles. The number of amides is 1. The van der Waals surface area contributed by atoms with Gasteiger partial charge in [0.25, 0.3) is 0 Å². The molecule has 1 amide bonds. The number of alkyl halides is 3. The minimum Gasteiger partial charge on any atom is -0.352 e. The minimum absolute atomic E-state index is 0. The van der Waals surface area contributed by atoms with Crippen LogP contribution in [0.5, 0.6) is 0 Å². The van der Waals surface area contributed by atoms with Crippen LogP contribution in [0, 0.1) is 11.8 Å². The monoisotopic (exact) mass is 354 g/mol. The van der Waals surface area contributed by atoms with Crippen molar-refractivity contribution in [2.24, 2.45) is 11.8 Å². The summed E-state index contributed by atoms with van der Waals surface area (Å²) < 4.78 is 36.7. The van der Waals surface area contributed by atoms with E-state index in [-0.39, 0.29) is 18.4 Å². The molecule has 0 aromatic carbocycles. The van der Waals surface area contributed by atoms with Gasteiger partial charge in [-0.3, -0.25) is 9.69 Å². The van der Waals surface area contributed by atoms with Crippen LogP contribution in [0.2, 0.25) is 0 Å². The van der Waals surface area contributed by atoms with Gasteiger partial charge < -0.3 is 5.32 Å². The van der Waals surface area contributed by atoms with Crippen LogP contribution < -0.4 is 5.32 Å². The lowest BCUT2D eigenvalue weighted by atomic mass is 9.98. The summed E-state index contributed by atoms with van der Waals surface area (Å²) >= 11 is 0. The summed E-state index contributed by atoms with van der Waals surface area (Å²) in [6.07, 6.45) is 1.70. The number of hydrogen-bond acceptors (Lipinski definition) is 2. The zero-order valence-electron chi connectivity index (χ0n) is 13.3. The molecule has 1 saturated heterocycles. The predicted molar refractivity (Wildman–Crippen MR) is 84.5 cm³/mol. The van der Waals surface area contributed by atoms with Crippen molar-refractivity contribution in [3.05, 3.63) is 0 Å². The fourth-order valence-electron chi connectivity index (χ4n) is 4.12. The molecule has 0 aromatic rings. The van der Waals surface area contributed by atoms with Crippen LogP contribution >= 0.6 is 12.4 Å². The maximum atomic E-state index is 12.2. The molecule has 3 rings (SSSR count). The van der Waals surface area contributed by atoms with Gasteiger partial charge in [0, 0.05) is 31.6 Å². The first-order valence-corrected chi connectivity index (χ1v) is 8.52. The molecular formula is C16H26ClF3N2O. The van der Waals surface area contributed by atoms with Gasteiger partial charge in [-0.1, -0.05) is 12.8 Å². The van der Waals surface area contributed by atoms with E-state index < -0.39 is 24.9 Å². The Balaban J connectivity index is 0.00000192. The molecule has 0 aromatic heterocycles. The third-order valence-corrected chi connectivity index (χ3v) is 5.44. The van der Waals surface area contributed by atoms with Crippen LogP contribution in [0.4, 0.5) is 13.2 Å². The molecule has 2 aliphatic carbocycles. The number of carbonyl (C=O) groups excluding carboxylic acids is 1. The Labute approximate surface area is 141 Å². The molecule has 0 bridgehead atoms. The smallest absolute Gasteiger partial charge is 0.352 e. The van der Waals surface area contributed by atoms with Crippen molar-refractivity contribution in [2.75, 3.05) is 13.1 Å². The normalized spacial score (nSPS) is 29.5. The minimum atomic E-state index is -4.25. The Morgan fingerprint density at radius 1 is 1.09 bits per heavy atom. The van der Waals surface area contributed by atoms with E-state index in [0.29, 0.717) is 17.9 Å². The summed E-state index contributed by atoms with van der Waals surface area (Å²) in [5.74, 6) is 0.663. The van der Waals surface area contributed by atoms with Gasteiger partial charge in [-0.15, -0.1) is 12.4 Å². The molecule has 2 atom stereocenters. The van der Waals surface area contributed by atoms with Gasteiger partial charge in [-0.25, -0.2) is 0 Å². The lowest BCUT2D eigenvalue weighted by Crippen LogP contribution is -2.42. The summed E-state index contributed by atoms with van der Waals surface area (Å²) in [4.78, 5) is 14.3. The molecule has 0 unspecified atom stereocenters. The molecule has 7 heteroatoms. The first-order chi connectivity index (χ1) is 10.4. The Bertz CT molecular complexity index is 409. The Kier molecular flexibility index (Phi) is 6.22. The van der Waals surface area contributed by atoms with E-state index in [0.717, 1.165) is 13.1 Å². The molecule has 3 nitrogen and oxygen atoms in total. The van der Waals surface area contributed by atoms with Gasteiger partial charge in [-0.2, -0.15) is 13.2 Å². The molecule has 0 spiro atoms. The van der Waals surface area contributed by atoms with Crippen molar-refractivity contribution in [1.82, 2.24) is 10.2 Å². The fourth-order valence-corrected chi connectivity index (χ4v) is 4.12. The summed E-state index contributed by atoms with van der Waals surface area (Å²) in [7, 11) is 0. The van der Waals surface area contributed by atoms with Crippen LogP contribution in [0.1, 0.15) is 51.4 Å². The van der Waals surface area contributed by atoms with Crippen molar-refractivity contribution < 1.29 is 18.0 Å². The zero-order valence-corrected chi connectivity index (χ0v) is 14.1. The average Bonchev–Trinajstić information content (AvgIpc) is 2.98. The average molecular weight is 355 g/mol. The van der Waals surface area contributed by atoms with Crippen molar-refractivity contribution in [2.45, 2.75) is 69.6 Å². The molecule has 1 N–H and O–H groups in total. The molecular weight excluding hydrogens is 329 g/mol. The van der Waals surface area contributed by atoms with E-state index in [9.17, 15) is 18.0 Å². The SMILES string of the molecule is Cl.O=C(CCC(F)(F)F)N[C@H]1CN(C2CCCC2)C[C@@H]1C1CC1. The third-order valence-electron chi connectivity index (χ3n) is 5.44. The van der Waals surface area contributed by atoms with E-state index in [4.69, 9.17) is 0 Å². The van der Waals surface area contributed by atoms with Crippen LogP contribution in [-0.4, -0.2) is 42.2 Å². The number of halogens is 4. The van der Waals surface area contributed by atoms with Crippen molar-refractivity contribution in [3.8, 4) is 0 Å². The van der Waals surface area contributed by atoms with Gasteiger partial charge in [0.15, 0.2) is 0 Å². The largest absolute Gasteiger partial charge is 0.389 e. The lowest BCUT2D eigenvalue weighted by molar-refractivity contribution is -0.144. The number of nitrogens with one attached hydrogen (secondary N) is 1. The Morgan fingerprint density at radius 3 is 2.30 bits per heavy atom. The lowest BCUT2D eigenvalue weighted by Gasteiger charge is -2.23. The number of nitrogens with zero attached hydrogens (tertiary/aromatic N) is 1. The van der Waals surface area contributed by atoms with Gasteiger partial charge in [0.1, 0.15) is 0 Å². The predicted octanol–water partition coefficient (Wildman–Crippen LogP) is 3.52. The van der Waals surface area contributed by atoms with Crippen LogP contribution in [0.3, 0.4) is 0 Å². The summed E-state index contributed by atoms with van der Waals surface area (Å²) in [5.41, 5.74) is 0. The quantitative estimate of drug-likeness (QED) is 0.819. The van der Waals surface area contributed by atoms with E-state index in [1.807, 2.05) is 0 Å². The van der Waals surface area contributed by atoms with Gasteiger partial charge >= 0.3 is 6.18 Å². The second kappa shape index (κ2) is 7.60. The number of likely N-dealkylation sites (tertiary alicyclic amines) is 1. The van der Waals surface area contributed by atoms with Crippen LogP contribution in [-0.2, 0) is 4.79 Å². The maximum absolute atomic E-state index is 12.2. The van der Waals surface area contributed by atoms with E-state index in [1.54, 1.807) is 0 Å². The molecule has 23 heavy (non-hydrogen) atoms. The standard InChI is InChI=1S/C16H25F3N2O.ClH/c17-16(18,19)8-7-15(22)20-14-10-21(12-3-1-2-4-12)9-13(14)11-5-6-11;/h11-14H,1-10H2,(H,20,22);1H/t13-,14+;/m1./s1. The maximum Gasteiger partial charge on any atom is 0.389 e. The second-order valence-electron chi connectivity index (χ2n) is 7.18. The molecule has 3 aliphatic rings. The van der Waals surface area contributed by atoms with Gasteiger partial charge in [-0.05, 0) is 37.5 Å². The fraction of sp³-hybridized carbons (Fsp3) is 0.938. The Hall–Kier alpha value is -0.490. The number of hydrogen-bond donors (Lipinski definition) is 1. The zero-order chi connectivity index (χ0) is 15.7.